The van der Waals surface area contributed by atoms with Crippen LogP contribution < -0.4 is 10.6 Å². The van der Waals surface area contributed by atoms with Gasteiger partial charge in [0.15, 0.2) is 0 Å². The maximum absolute atomic E-state index is 12.5. The number of nitrogens with one attached hydrogen (secondary N) is 2. The number of methoxy groups -OCH3 is 1. The highest BCUT2D eigenvalue weighted by Crippen LogP contribution is 2.30. The van der Waals surface area contributed by atoms with Crippen LogP contribution in [0, 0.1) is 0 Å². The number of alkyl halides is 3. The van der Waals surface area contributed by atoms with E-state index in [0.717, 1.165) is 7.11 Å². The number of carboxylic acid groups (broad SMARTS) is 1. The van der Waals surface area contributed by atoms with Crippen molar-refractivity contribution in [3.63, 3.8) is 0 Å². The van der Waals surface area contributed by atoms with Crippen molar-refractivity contribution in [1.29, 1.82) is 0 Å². The first-order chi connectivity index (χ1) is 8.54. The summed E-state index contributed by atoms with van der Waals surface area (Å²) in [4.78, 5) is 32.4. The lowest BCUT2D eigenvalue weighted by molar-refractivity contribution is -0.203. The number of aliphatic carboxylic acids is 1. The molecular formula is C9H13F3N2O5. The smallest absolute Gasteiger partial charge is 0.422 e. The number of hydrogen-bond acceptors (Lipinski definition) is 4. The lowest BCUT2D eigenvalue weighted by Crippen LogP contribution is -2.63. The molecular weight excluding hydrogens is 273 g/mol. The van der Waals surface area contributed by atoms with E-state index in [1.165, 1.54) is 5.32 Å². The maximum atomic E-state index is 12.5. The van der Waals surface area contributed by atoms with E-state index in [9.17, 15) is 27.6 Å². The molecule has 110 valence electrons. The standard InChI is InChI=1S/C9H13F3N2O5/c1-8(6(16)17,9(10,11)12)14-7(18)13-4-3-5(15)19-2/h3-4H2,1-2H3,(H,16,17)(H2,13,14,18). The van der Waals surface area contributed by atoms with E-state index in [4.69, 9.17) is 5.11 Å². The lowest BCUT2D eigenvalue weighted by Gasteiger charge is -2.28. The van der Waals surface area contributed by atoms with Crippen LogP contribution in [0.4, 0.5) is 18.0 Å². The summed E-state index contributed by atoms with van der Waals surface area (Å²) in [6.07, 6.45) is -5.42. The molecule has 0 saturated carbocycles. The molecule has 0 fully saturated rings. The molecule has 0 aromatic heterocycles. The SMILES string of the molecule is COC(=O)CCNC(=O)NC(C)(C(=O)O)C(F)(F)F. The Morgan fingerprint density at radius 3 is 2.16 bits per heavy atom. The third kappa shape index (κ3) is 4.64. The zero-order valence-corrected chi connectivity index (χ0v) is 10.1. The molecule has 0 bridgehead atoms. The predicted molar refractivity (Wildman–Crippen MR) is 55.3 cm³/mol. The Balaban J connectivity index is 4.51. The van der Waals surface area contributed by atoms with Crippen molar-refractivity contribution in [2.24, 2.45) is 0 Å². The molecule has 0 heterocycles. The minimum Gasteiger partial charge on any atom is -0.479 e. The van der Waals surface area contributed by atoms with Gasteiger partial charge in [-0.2, -0.15) is 13.2 Å². The van der Waals surface area contributed by atoms with Gasteiger partial charge in [0.1, 0.15) is 0 Å². The average Bonchev–Trinajstić information content (AvgIpc) is 2.26. The number of carboxylic acids is 1. The minimum absolute atomic E-state index is 0.250. The maximum Gasteiger partial charge on any atom is 0.422 e. The second kappa shape index (κ2) is 6.25. The Morgan fingerprint density at radius 2 is 1.79 bits per heavy atom. The third-order valence-corrected chi connectivity index (χ3v) is 2.20. The van der Waals surface area contributed by atoms with Crippen LogP contribution in [0.1, 0.15) is 13.3 Å². The number of amides is 2. The van der Waals surface area contributed by atoms with Gasteiger partial charge in [0.25, 0.3) is 0 Å². The number of hydrogen-bond donors (Lipinski definition) is 3. The number of esters is 1. The quantitative estimate of drug-likeness (QED) is 0.628. The molecule has 0 aliphatic carbocycles. The second-order valence-corrected chi connectivity index (χ2v) is 3.63. The largest absolute Gasteiger partial charge is 0.479 e. The van der Waals surface area contributed by atoms with Crippen LogP contribution in [0.2, 0.25) is 0 Å². The van der Waals surface area contributed by atoms with Crippen molar-refractivity contribution in [2.75, 3.05) is 13.7 Å². The topological polar surface area (TPSA) is 105 Å². The van der Waals surface area contributed by atoms with Crippen LogP contribution in [0.5, 0.6) is 0 Å². The van der Waals surface area contributed by atoms with Gasteiger partial charge in [-0.05, 0) is 6.92 Å². The van der Waals surface area contributed by atoms with Crippen LogP contribution in [0.25, 0.3) is 0 Å². The van der Waals surface area contributed by atoms with Crippen molar-refractivity contribution in [3.8, 4) is 0 Å². The van der Waals surface area contributed by atoms with Gasteiger partial charge in [0.2, 0.25) is 5.54 Å². The number of rotatable bonds is 5. The van der Waals surface area contributed by atoms with E-state index in [1.807, 2.05) is 5.32 Å². The molecule has 0 aliphatic rings. The van der Waals surface area contributed by atoms with E-state index >= 15 is 0 Å². The Kier molecular flexibility index (Phi) is 5.59. The Hall–Kier alpha value is -2.00. The van der Waals surface area contributed by atoms with E-state index in [1.54, 1.807) is 0 Å². The second-order valence-electron chi connectivity index (χ2n) is 3.63. The van der Waals surface area contributed by atoms with Crippen molar-refractivity contribution < 1.29 is 37.4 Å². The van der Waals surface area contributed by atoms with Crippen molar-refractivity contribution in [2.45, 2.75) is 25.1 Å². The first-order valence-corrected chi connectivity index (χ1v) is 4.97. The Morgan fingerprint density at radius 1 is 1.26 bits per heavy atom. The van der Waals surface area contributed by atoms with E-state index < -0.39 is 29.7 Å². The molecule has 0 aromatic rings. The summed E-state index contributed by atoms with van der Waals surface area (Å²) in [6, 6.07) is -1.36. The normalized spacial score (nSPS) is 14.2. The fourth-order valence-corrected chi connectivity index (χ4v) is 0.897. The molecule has 7 nitrogen and oxygen atoms in total. The van der Waals surface area contributed by atoms with Crippen LogP contribution in [-0.4, -0.2) is 48.4 Å². The number of urea groups is 1. The highest BCUT2D eigenvalue weighted by atomic mass is 19.4. The van der Waals surface area contributed by atoms with Crippen LogP contribution in [0.3, 0.4) is 0 Å². The molecule has 0 spiro atoms. The minimum atomic E-state index is -5.17. The number of ether oxygens (including phenoxy) is 1. The third-order valence-electron chi connectivity index (χ3n) is 2.20. The monoisotopic (exact) mass is 286 g/mol. The summed E-state index contributed by atoms with van der Waals surface area (Å²) in [6.45, 7) is 0.0291. The van der Waals surface area contributed by atoms with E-state index in [2.05, 4.69) is 4.74 Å². The summed E-state index contributed by atoms with van der Waals surface area (Å²) in [5.74, 6) is -2.92. The molecule has 1 atom stereocenters. The van der Waals surface area contributed by atoms with E-state index in [0.29, 0.717) is 6.92 Å². The molecule has 3 N–H and O–H groups in total. The first kappa shape index (κ1) is 17.0. The van der Waals surface area contributed by atoms with Crippen LogP contribution in [0.15, 0.2) is 0 Å². The zero-order valence-electron chi connectivity index (χ0n) is 10.1. The molecule has 19 heavy (non-hydrogen) atoms. The molecule has 2 amide bonds. The molecule has 0 aliphatic heterocycles. The molecule has 0 radical (unpaired) electrons. The molecule has 10 heteroatoms. The van der Waals surface area contributed by atoms with Gasteiger partial charge in [-0.15, -0.1) is 0 Å². The van der Waals surface area contributed by atoms with Gasteiger partial charge >= 0.3 is 24.1 Å². The highest BCUT2D eigenvalue weighted by Gasteiger charge is 2.58. The van der Waals surface area contributed by atoms with Gasteiger partial charge in [-0.3, -0.25) is 4.79 Å². The average molecular weight is 286 g/mol. The fourth-order valence-electron chi connectivity index (χ4n) is 0.897. The molecule has 0 aromatic carbocycles. The summed E-state index contributed by atoms with van der Waals surface area (Å²) in [5, 5.41) is 11.7. The Labute approximate surface area is 106 Å². The molecule has 1 unspecified atom stereocenters. The van der Waals surface area contributed by atoms with Crippen molar-refractivity contribution >= 4 is 18.0 Å². The Bertz CT molecular complexity index is 371. The number of halogens is 3. The molecule has 0 saturated heterocycles. The van der Waals surface area contributed by atoms with Gasteiger partial charge in [-0.1, -0.05) is 0 Å². The van der Waals surface area contributed by atoms with Gasteiger partial charge in [0.05, 0.1) is 13.5 Å². The van der Waals surface area contributed by atoms with Crippen molar-refractivity contribution in [3.05, 3.63) is 0 Å². The van der Waals surface area contributed by atoms with Crippen molar-refractivity contribution in [1.82, 2.24) is 10.6 Å². The van der Waals surface area contributed by atoms with Gasteiger partial charge in [-0.25, -0.2) is 9.59 Å². The van der Waals surface area contributed by atoms with Crippen LogP contribution in [-0.2, 0) is 14.3 Å². The van der Waals surface area contributed by atoms with Crippen LogP contribution >= 0.6 is 0 Å². The first-order valence-electron chi connectivity index (χ1n) is 4.97. The summed E-state index contributed by atoms with van der Waals surface area (Å²) in [7, 11) is 1.10. The van der Waals surface area contributed by atoms with E-state index in [-0.39, 0.29) is 13.0 Å². The number of carbonyl (C=O) groups is 3. The summed E-state index contributed by atoms with van der Waals surface area (Å²) < 4.78 is 41.8. The van der Waals surface area contributed by atoms with Gasteiger partial charge in [0, 0.05) is 6.54 Å². The highest BCUT2D eigenvalue weighted by molar-refractivity contribution is 5.86. The zero-order chi connectivity index (χ0) is 15.3. The number of carbonyl (C=O) groups excluding carboxylic acids is 2. The summed E-state index contributed by atoms with van der Waals surface area (Å²) in [5.41, 5.74) is -3.41. The summed E-state index contributed by atoms with van der Waals surface area (Å²) >= 11 is 0. The predicted octanol–water partition coefficient (Wildman–Crippen LogP) is 0.254. The van der Waals surface area contributed by atoms with Gasteiger partial charge < -0.3 is 20.5 Å². The fraction of sp³-hybridized carbons (Fsp3) is 0.667. The lowest BCUT2D eigenvalue weighted by atomic mass is 10.0. The molecule has 0 rings (SSSR count).